The highest BCUT2D eigenvalue weighted by Gasteiger charge is 2.48. The van der Waals surface area contributed by atoms with Gasteiger partial charge in [-0.1, -0.05) is 20.8 Å². The molecule has 33 heavy (non-hydrogen) atoms. The van der Waals surface area contributed by atoms with E-state index in [2.05, 4.69) is 34.4 Å². The third-order valence-corrected chi connectivity index (χ3v) is 6.34. The van der Waals surface area contributed by atoms with Crippen LogP contribution in [0.25, 0.3) is 0 Å². The first-order valence-corrected chi connectivity index (χ1v) is 12.0. The largest absolute Gasteiger partial charge is 0.379 e. The van der Waals surface area contributed by atoms with Gasteiger partial charge in [-0.15, -0.1) is 0 Å². The number of imidazole rings is 1. The smallest absolute Gasteiger partial charge is 0.273 e. The lowest BCUT2D eigenvalue weighted by atomic mass is 9.93. The second-order valence-corrected chi connectivity index (χ2v) is 9.45. The van der Waals surface area contributed by atoms with E-state index in [0.717, 1.165) is 26.1 Å². The molecule has 3 amide bonds. The van der Waals surface area contributed by atoms with Crippen molar-refractivity contribution in [2.75, 3.05) is 52.5 Å². The molecule has 3 heterocycles. The number of aromatic nitrogens is 2. The molecule has 2 N–H and O–H groups in total. The molecule has 1 fully saturated rings. The van der Waals surface area contributed by atoms with Crippen molar-refractivity contribution in [3.63, 3.8) is 0 Å². The molecular formula is C23H38N6O4. The van der Waals surface area contributed by atoms with Gasteiger partial charge in [0.25, 0.3) is 11.8 Å². The number of hydrogen-bond acceptors (Lipinski definition) is 6. The van der Waals surface area contributed by atoms with Gasteiger partial charge in [0.15, 0.2) is 5.69 Å². The molecule has 2 aliphatic rings. The summed E-state index contributed by atoms with van der Waals surface area (Å²) in [5.41, 5.74) is -0.674. The molecule has 0 spiro atoms. The van der Waals surface area contributed by atoms with Crippen LogP contribution in [0.4, 0.5) is 0 Å². The third kappa shape index (κ3) is 5.73. The van der Waals surface area contributed by atoms with Crippen LogP contribution in [0.2, 0.25) is 0 Å². The number of nitrogens with zero attached hydrogens (tertiary/aromatic N) is 4. The van der Waals surface area contributed by atoms with Crippen molar-refractivity contribution >= 4 is 17.7 Å². The van der Waals surface area contributed by atoms with Crippen LogP contribution < -0.4 is 10.6 Å². The second-order valence-electron chi connectivity index (χ2n) is 9.45. The zero-order chi connectivity index (χ0) is 24.0. The minimum absolute atomic E-state index is 0.116. The van der Waals surface area contributed by atoms with E-state index in [1.807, 2.05) is 6.92 Å². The Morgan fingerprint density at radius 3 is 2.58 bits per heavy atom. The van der Waals surface area contributed by atoms with Crippen molar-refractivity contribution < 1.29 is 19.1 Å². The maximum absolute atomic E-state index is 13.5. The van der Waals surface area contributed by atoms with E-state index in [4.69, 9.17) is 4.74 Å². The van der Waals surface area contributed by atoms with Crippen LogP contribution in [-0.4, -0.2) is 95.1 Å². The number of fused-ring (bicyclic) bond motifs is 1. The van der Waals surface area contributed by atoms with Crippen LogP contribution in [-0.2, 0) is 16.1 Å². The fourth-order valence-electron chi connectivity index (χ4n) is 4.33. The molecule has 1 saturated heterocycles. The fourth-order valence-corrected chi connectivity index (χ4v) is 4.33. The highest BCUT2D eigenvalue weighted by Crippen LogP contribution is 2.29. The van der Waals surface area contributed by atoms with Gasteiger partial charge in [0, 0.05) is 39.3 Å². The summed E-state index contributed by atoms with van der Waals surface area (Å²) in [6.07, 6.45) is 3.07. The Balaban J connectivity index is 1.72. The van der Waals surface area contributed by atoms with E-state index in [9.17, 15) is 14.4 Å². The average molecular weight is 463 g/mol. The normalized spacial score (nSPS) is 21.2. The molecule has 10 nitrogen and oxygen atoms in total. The highest BCUT2D eigenvalue weighted by atomic mass is 16.5. The number of rotatable bonds is 10. The van der Waals surface area contributed by atoms with Crippen LogP contribution in [0.5, 0.6) is 0 Å². The van der Waals surface area contributed by atoms with Crippen LogP contribution in [0, 0.1) is 5.92 Å². The first-order valence-electron chi connectivity index (χ1n) is 12.0. The zero-order valence-electron chi connectivity index (χ0n) is 20.4. The van der Waals surface area contributed by atoms with E-state index < -0.39 is 5.54 Å². The number of hydrogen-bond donors (Lipinski definition) is 2. The van der Waals surface area contributed by atoms with E-state index in [-0.39, 0.29) is 35.7 Å². The molecule has 0 aromatic carbocycles. The Hall–Kier alpha value is -2.46. The Bertz CT molecular complexity index is 848. The van der Waals surface area contributed by atoms with E-state index in [0.29, 0.717) is 45.2 Å². The Kier molecular flexibility index (Phi) is 8.47. The predicted molar refractivity (Wildman–Crippen MR) is 124 cm³/mol. The lowest BCUT2D eigenvalue weighted by Crippen LogP contribution is -2.64. The van der Waals surface area contributed by atoms with Gasteiger partial charge in [-0.2, -0.15) is 0 Å². The average Bonchev–Trinajstić information content (AvgIpc) is 3.20. The van der Waals surface area contributed by atoms with Crippen LogP contribution in [0.3, 0.4) is 0 Å². The number of carbonyl (C=O) groups is 3. The van der Waals surface area contributed by atoms with E-state index in [1.54, 1.807) is 16.4 Å². The van der Waals surface area contributed by atoms with Gasteiger partial charge in [-0.25, -0.2) is 4.98 Å². The molecule has 0 unspecified atom stereocenters. The Labute approximate surface area is 196 Å². The number of morpholine rings is 1. The molecule has 0 saturated carbocycles. The van der Waals surface area contributed by atoms with Crippen molar-refractivity contribution in [2.45, 2.75) is 52.6 Å². The number of carbonyl (C=O) groups excluding carboxylic acids is 3. The molecule has 0 radical (unpaired) electrons. The molecule has 1 aromatic heterocycles. The summed E-state index contributed by atoms with van der Waals surface area (Å²) in [6.45, 7) is 13.5. The minimum Gasteiger partial charge on any atom is -0.379 e. The molecule has 2 aliphatic heterocycles. The molecule has 1 aromatic rings. The maximum Gasteiger partial charge on any atom is 0.273 e. The Morgan fingerprint density at radius 2 is 1.91 bits per heavy atom. The SMILES string of the molecule is CCCN1C(=O)c2c(C(=O)NCCN3CCOCC3)ncn2C[C@@]1(C)C(=O)NCCC(C)C. The van der Waals surface area contributed by atoms with Crippen LogP contribution in [0.15, 0.2) is 6.33 Å². The first-order chi connectivity index (χ1) is 15.8. The van der Waals surface area contributed by atoms with Gasteiger partial charge in [0.2, 0.25) is 5.91 Å². The van der Waals surface area contributed by atoms with Gasteiger partial charge in [-0.05, 0) is 25.7 Å². The number of ether oxygens (including phenoxy) is 1. The minimum atomic E-state index is -1.04. The highest BCUT2D eigenvalue weighted by molar-refractivity contribution is 6.07. The van der Waals surface area contributed by atoms with Gasteiger partial charge in [0.05, 0.1) is 26.1 Å². The monoisotopic (exact) mass is 462 g/mol. The van der Waals surface area contributed by atoms with Crippen molar-refractivity contribution in [3.8, 4) is 0 Å². The standard InChI is InChI=1S/C23H38N6O4/c1-5-9-29-21(31)19-18(20(30)24-8-10-27-11-13-33-14-12-27)26-16-28(19)15-23(29,4)22(32)25-7-6-17(2)3/h16-17H,5-15H2,1-4H3,(H,24,30)(H,25,32)/t23-/m0/s1. The summed E-state index contributed by atoms with van der Waals surface area (Å²) in [5.74, 6) is -0.407. The lowest BCUT2D eigenvalue weighted by Gasteiger charge is -2.43. The summed E-state index contributed by atoms with van der Waals surface area (Å²) < 4.78 is 6.99. The molecule has 1 atom stereocenters. The van der Waals surface area contributed by atoms with Gasteiger partial charge in [-0.3, -0.25) is 19.3 Å². The molecular weight excluding hydrogens is 424 g/mol. The topological polar surface area (TPSA) is 109 Å². The summed E-state index contributed by atoms with van der Waals surface area (Å²) in [7, 11) is 0. The zero-order valence-corrected chi connectivity index (χ0v) is 20.4. The van der Waals surface area contributed by atoms with Crippen molar-refractivity contribution in [2.24, 2.45) is 5.92 Å². The maximum atomic E-state index is 13.5. The predicted octanol–water partition coefficient (Wildman–Crippen LogP) is 0.732. The van der Waals surface area contributed by atoms with Crippen molar-refractivity contribution in [1.82, 2.24) is 30.0 Å². The van der Waals surface area contributed by atoms with Crippen molar-refractivity contribution in [3.05, 3.63) is 17.7 Å². The fraction of sp³-hybridized carbons (Fsp3) is 0.739. The summed E-state index contributed by atoms with van der Waals surface area (Å²) in [6, 6.07) is 0. The van der Waals surface area contributed by atoms with E-state index in [1.165, 1.54) is 6.33 Å². The molecule has 0 aliphatic carbocycles. The molecule has 10 heteroatoms. The van der Waals surface area contributed by atoms with E-state index >= 15 is 0 Å². The Morgan fingerprint density at radius 1 is 1.18 bits per heavy atom. The molecule has 3 rings (SSSR count). The second kappa shape index (κ2) is 11.1. The van der Waals surface area contributed by atoms with Gasteiger partial charge < -0.3 is 24.8 Å². The van der Waals surface area contributed by atoms with Crippen molar-refractivity contribution in [1.29, 1.82) is 0 Å². The first kappa shape index (κ1) is 25.2. The van der Waals surface area contributed by atoms with Gasteiger partial charge in [0.1, 0.15) is 11.2 Å². The summed E-state index contributed by atoms with van der Waals surface area (Å²) >= 11 is 0. The summed E-state index contributed by atoms with van der Waals surface area (Å²) in [4.78, 5) is 47.6. The lowest BCUT2D eigenvalue weighted by molar-refractivity contribution is -0.132. The third-order valence-electron chi connectivity index (χ3n) is 6.34. The quantitative estimate of drug-likeness (QED) is 0.531. The number of amides is 3. The van der Waals surface area contributed by atoms with Crippen LogP contribution >= 0.6 is 0 Å². The summed E-state index contributed by atoms with van der Waals surface area (Å²) in [5, 5.41) is 5.88. The van der Waals surface area contributed by atoms with Gasteiger partial charge >= 0.3 is 0 Å². The molecule has 184 valence electrons. The number of nitrogens with one attached hydrogen (secondary N) is 2. The van der Waals surface area contributed by atoms with Crippen LogP contribution in [0.1, 0.15) is 61.5 Å². The molecule has 0 bridgehead atoms.